The Morgan fingerprint density at radius 1 is 1.09 bits per heavy atom. The number of carbonyl (C=O) groups is 2. The van der Waals surface area contributed by atoms with Gasteiger partial charge in [0, 0.05) is 0 Å². The fourth-order valence-corrected chi connectivity index (χ4v) is 1.19. The van der Waals surface area contributed by atoms with Crippen LogP contribution in [0.3, 0.4) is 0 Å². The Morgan fingerprint density at radius 3 is 1.64 bits per heavy atom. The molecule has 62 valence electrons. The van der Waals surface area contributed by atoms with Crippen LogP contribution in [0.15, 0.2) is 0 Å². The van der Waals surface area contributed by atoms with Crippen LogP contribution < -0.4 is 16.8 Å². The number of hydrogen-bond donors (Lipinski definition) is 3. The van der Waals surface area contributed by atoms with Crippen molar-refractivity contribution in [3.8, 4) is 0 Å². The summed E-state index contributed by atoms with van der Waals surface area (Å²) < 4.78 is 0. The van der Waals surface area contributed by atoms with E-state index in [-0.39, 0.29) is 12.1 Å². The molecule has 11 heavy (non-hydrogen) atoms. The molecule has 1 saturated heterocycles. The fraction of sp³-hybridized carbons (Fsp3) is 0.667. The molecule has 1 aliphatic heterocycles. The highest BCUT2D eigenvalue weighted by atomic mass is 16.2. The average molecular weight is 157 g/mol. The van der Waals surface area contributed by atoms with Gasteiger partial charge in [0.1, 0.15) is 0 Å². The van der Waals surface area contributed by atoms with Gasteiger partial charge in [0.2, 0.25) is 11.8 Å². The first-order valence-corrected chi connectivity index (χ1v) is 3.46. The summed E-state index contributed by atoms with van der Waals surface area (Å²) in [5.41, 5.74) is 10.0. The molecule has 2 amide bonds. The van der Waals surface area contributed by atoms with Gasteiger partial charge in [-0.05, 0) is 12.8 Å². The molecule has 1 heterocycles. The third-order valence-electron chi connectivity index (χ3n) is 1.83. The molecular weight excluding hydrogens is 146 g/mol. The summed E-state index contributed by atoms with van der Waals surface area (Å²) in [7, 11) is 0. The van der Waals surface area contributed by atoms with E-state index >= 15 is 0 Å². The number of amides is 2. The van der Waals surface area contributed by atoms with Gasteiger partial charge in [-0.2, -0.15) is 0 Å². The van der Waals surface area contributed by atoms with Gasteiger partial charge in [0.25, 0.3) is 0 Å². The number of rotatable bonds is 2. The monoisotopic (exact) mass is 157 g/mol. The van der Waals surface area contributed by atoms with Crippen molar-refractivity contribution in [2.45, 2.75) is 24.9 Å². The van der Waals surface area contributed by atoms with Gasteiger partial charge >= 0.3 is 0 Å². The summed E-state index contributed by atoms with van der Waals surface area (Å²) in [6.45, 7) is 0. The van der Waals surface area contributed by atoms with Crippen molar-refractivity contribution in [2.24, 2.45) is 11.5 Å². The molecule has 0 bridgehead atoms. The highest BCUT2D eigenvalue weighted by Crippen LogP contribution is 2.10. The van der Waals surface area contributed by atoms with Gasteiger partial charge < -0.3 is 11.5 Å². The van der Waals surface area contributed by atoms with Crippen molar-refractivity contribution in [3.05, 3.63) is 0 Å². The molecule has 5 nitrogen and oxygen atoms in total. The van der Waals surface area contributed by atoms with Crippen LogP contribution in [-0.2, 0) is 9.59 Å². The second-order valence-corrected chi connectivity index (χ2v) is 2.65. The van der Waals surface area contributed by atoms with E-state index < -0.39 is 11.8 Å². The van der Waals surface area contributed by atoms with Crippen LogP contribution in [0, 0.1) is 0 Å². The van der Waals surface area contributed by atoms with Crippen LogP contribution in [-0.4, -0.2) is 23.9 Å². The predicted octanol–water partition coefficient (Wildman–Crippen LogP) is -1.92. The van der Waals surface area contributed by atoms with Gasteiger partial charge in [-0.15, -0.1) is 0 Å². The Balaban J connectivity index is 2.47. The molecule has 0 saturated carbocycles. The summed E-state index contributed by atoms with van der Waals surface area (Å²) in [6.07, 6.45) is 1.20. The van der Waals surface area contributed by atoms with Crippen molar-refractivity contribution in [2.75, 3.05) is 0 Å². The van der Waals surface area contributed by atoms with E-state index in [1.54, 1.807) is 0 Å². The van der Waals surface area contributed by atoms with Gasteiger partial charge in [-0.1, -0.05) is 0 Å². The third kappa shape index (κ3) is 1.68. The van der Waals surface area contributed by atoms with Crippen LogP contribution in [0.4, 0.5) is 0 Å². The lowest BCUT2D eigenvalue weighted by molar-refractivity contribution is -0.120. The van der Waals surface area contributed by atoms with E-state index in [1.165, 1.54) is 0 Å². The van der Waals surface area contributed by atoms with Crippen LogP contribution in [0.5, 0.6) is 0 Å². The van der Waals surface area contributed by atoms with Crippen molar-refractivity contribution in [1.29, 1.82) is 0 Å². The van der Waals surface area contributed by atoms with E-state index in [1.807, 2.05) is 0 Å². The number of primary amides is 2. The molecule has 0 aliphatic carbocycles. The van der Waals surface area contributed by atoms with Crippen molar-refractivity contribution in [3.63, 3.8) is 0 Å². The topological polar surface area (TPSA) is 98.2 Å². The Morgan fingerprint density at radius 2 is 1.45 bits per heavy atom. The second kappa shape index (κ2) is 2.87. The predicted molar refractivity (Wildman–Crippen MR) is 38.3 cm³/mol. The molecule has 0 unspecified atom stereocenters. The smallest absolute Gasteiger partial charge is 0.234 e. The number of nitrogens with two attached hydrogens (primary N) is 2. The Labute approximate surface area is 64.1 Å². The Kier molecular flexibility index (Phi) is 2.09. The minimum atomic E-state index is -0.422. The molecule has 2 atom stereocenters. The van der Waals surface area contributed by atoms with E-state index in [0.29, 0.717) is 12.8 Å². The zero-order valence-corrected chi connectivity index (χ0v) is 6.04. The van der Waals surface area contributed by atoms with Crippen LogP contribution >= 0.6 is 0 Å². The highest BCUT2D eigenvalue weighted by molar-refractivity contribution is 5.84. The third-order valence-corrected chi connectivity index (χ3v) is 1.83. The molecule has 1 fully saturated rings. The van der Waals surface area contributed by atoms with Gasteiger partial charge in [-0.3, -0.25) is 14.9 Å². The van der Waals surface area contributed by atoms with Gasteiger partial charge in [0.15, 0.2) is 0 Å². The fourth-order valence-electron chi connectivity index (χ4n) is 1.19. The maximum atomic E-state index is 10.6. The standard InChI is InChI=1S/C6H11N3O2/c7-5(10)3-1-2-4(9-3)6(8)11/h3-4,9H,1-2H2,(H2,7,10)(H2,8,11)/t3-,4-/m1/s1. The summed E-state index contributed by atoms with van der Waals surface area (Å²) in [5, 5.41) is 2.74. The van der Waals surface area contributed by atoms with Crippen LogP contribution in [0.2, 0.25) is 0 Å². The lowest BCUT2D eigenvalue weighted by Crippen LogP contribution is -2.44. The maximum absolute atomic E-state index is 10.6. The van der Waals surface area contributed by atoms with Crippen molar-refractivity contribution in [1.82, 2.24) is 5.32 Å². The molecule has 0 aromatic heterocycles. The zero-order chi connectivity index (χ0) is 8.43. The zero-order valence-electron chi connectivity index (χ0n) is 6.04. The molecular formula is C6H11N3O2. The lowest BCUT2D eigenvalue weighted by atomic mass is 10.2. The van der Waals surface area contributed by atoms with E-state index in [2.05, 4.69) is 5.32 Å². The molecule has 5 heteroatoms. The number of nitrogens with one attached hydrogen (secondary N) is 1. The molecule has 5 N–H and O–H groups in total. The first kappa shape index (κ1) is 8.00. The van der Waals surface area contributed by atoms with Crippen molar-refractivity contribution >= 4 is 11.8 Å². The number of carbonyl (C=O) groups excluding carboxylic acids is 2. The van der Waals surface area contributed by atoms with Crippen molar-refractivity contribution < 1.29 is 9.59 Å². The summed E-state index contributed by atoms with van der Waals surface area (Å²) in [6, 6.07) is -0.764. The summed E-state index contributed by atoms with van der Waals surface area (Å²) >= 11 is 0. The lowest BCUT2D eigenvalue weighted by Gasteiger charge is -2.07. The van der Waals surface area contributed by atoms with Gasteiger partial charge in [0.05, 0.1) is 12.1 Å². The molecule has 0 aromatic carbocycles. The molecule has 0 spiro atoms. The van der Waals surface area contributed by atoms with E-state index in [9.17, 15) is 9.59 Å². The average Bonchev–Trinajstić information content (AvgIpc) is 2.33. The minimum absolute atomic E-state index is 0.382. The molecule has 1 aliphatic rings. The summed E-state index contributed by atoms with van der Waals surface area (Å²) in [4.78, 5) is 21.2. The normalized spacial score (nSPS) is 30.2. The van der Waals surface area contributed by atoms with E-state index in [4.69, 9.17) is 11.5 Å². The molecule has 0 aromatic rings. The number of hydrogen-bond acceptors (Lipinski definition) is 3. The first-order chi connectivity index (χ1) is 5.11. The maximum Gasteiger partial charge on any atom is 0.234 e. The Bertz CT molecular complexity index is 172. The highest BCUT2D eigenvalue weighted by Gasteiger charge is 2.30. The minimum Gasteiger partial charge on any atom is -0.368 e. The quantitative estimate of drug-likeness (QED) is 0.435. The summed E-state index contributed by atoms with van der Waals surface area (Å²) in [5.74, 6) is -0.845. The Hall–Kier alpha value is -1.10. The SMILES string of the molecule is NC(=O)[C@H]1CC[C@H](C(N)=O)N1. The van der Waals surface area contributed by atoms with E-state index in [0.717, 1.165) is 0 Å². The second-order valence-electron chi connectivity index (χ2n) is 2.65. The molecule has 1 rings (SSSR count). The van der Waals surface area contributed by atoms with Gasteiger partial charge in [-0.25, -0.2) is 0 Å². The first-order valence-electron chi connectivity index (χ1n) is 3.46. The van der Waals surface area contributed by atoms with Crippen LogP contribution in [0.1, 0.15) is 12.8 Å². The largest absolute Gasteiger partial charge is 0.368 e. The molecule has 0 radical (unpaired) electrons. The van der Waals surface area contributed by atoms with Crippen LogP contribution in [0.25, 0.3) is 0 Å².